The van der Waals surface area contributed by atoms with Crippen molar-refractivity contribution < 1.29 is 4.79 Å². The fraction of sp³-hybridized carbons (Fsp3) is 0.158. The van der Waals surface area contributed by atoms with Crippen LogP contribution in [0.4, 0.5) is 5.69 Å². The van der Waals surface area contributed by atoms with Gasteiger partial charge in [0.1, 0.15) is 11.6 Å². The smallest absolute Gasteiger partial charge is 0.203 e. The van der Waals surface area contributed by atoms with Gasteiger partial charge in [-0.3, -0.25) is 4.79 Å². The van der Waals surface area contributed by atoms with E-state index in [0.717, 1.165) is 16.8 Å². The van der Waals surface area contributed by atoms with Crippen LogP contribution in [0, 0.1) is 18.3 Å². The Morgan fingerprint density at radius 2 is 1.64 bits per heavy atom. The van der Waals surface area contributed by atoms with Crippen LogP contribution in [-0.4, -0.2) is 19.9 Å². The van der Waals surface area contributed by atoms with Gasteiger partial charge in [0.15, 0.2) is 0 Å². The molecule has 22 heavy (non-hydrogen) atoms. The predicted octanol–water partition coefficient (Wildman–Crippen LogP) is 3.85. The SMILES string of the molecule is Cc1ccc(C(=O)C(C#N)=Cc2ccc(N(C)C)cc2)cc1. The zero-order valence-electron chi connectivity index (χ0n) is 13.0. The largest absolute Gasteiger partial charge is 0.378 e. The molecule has 0 fully saturated rings. The Labute approximate surface area is 131 Å². The van der Waals surface area contributed by atoms with Crippen LogP contribution in [0.15, 0.2) is 54.1 Å². The van der Waals surface area contributed by atoms with Crippen molar-refractivity contribution in [1.82, 2.24) is 0 Å². The van der Waals surface area contributed by atoms with Gasteiger partial charge >= 0.3 is 0 Å². The minimum atomic E-state index is -0.251. The molecule has 0 bridgehead atoms. The highest BCUT2D eigenvalue weighted by Crippen LogP contribution is 2.16. The van der Waals surface area contributed by atoms with Crippen LogP contribution in [0.2, 0.25) is 0 Å². The van der Waals surface area contributed by atoms with Gasteiger partial charge in [-0.05, 0) is 30.7 Å². The standard InChI is InChI=1S/C19H18N2O/c1-14-4-8-16(9-5-14)19(22)17(13-20)12-15-6-10-18(11-7-15)21(2)3/h4-12H,1-3H3. The first-order valence-corrected chi connectivity index (χ1v) is 7.02. The van der Waals surface area contributed by atoms with Gasteiger partial charge in [-0.15, -0.1) is 0 Å². The summed E-state index contributed by atoms with van der Waals surface area (Å²) < 4.78 is 0. The fourth-order valence-corrected chi connectivity index (χ4v) is 2.04. The van der Waals surface area contributed by atoms with E-state index in [-0.39, 0.29) is 11.4 Å². The Balaban J connectivity index is 2.29. The Bertz CT molecular complexity index is 732. The first-order valence-electron chi connectivity index (χ1n) is 7.02. The van der Waals surface area contributed by atoms with Gasteiger partial charge in [-0.2, -0.15) is 5.26 Å². The van der Waals surface area contributed by atoms with E-state index in [2.05, 4.69) is 0 Å². The van der Waals surface area contributed by atoms with Gasteiger partial charge in [0.25, 0.3) is 0 Å². The van der Waals surface area contributed by atoms with Crippen molar-refractivity contribution in [3.05, 3.63) is 70.8 Å². The summed E-state index contributed by atoms with van der Waals surface area (Å²) in [6.07, 6.45) is 1.63. The number of carbonyl (C=O) groups is 1. The molecule has 2 rings (SSSR count). The quantitative estimate of drug-likeness (QED) is 0.488. The summed E-state index contributed by atoms with van der Waals surface area (Å²) in [6, 6.07) is 16.9. The molecule has 0 amide bonds. The molecule has 0 radical (unpaired) electrons. The molecule has 0 aliphatic heterocycles. The molecule has 0 spiro atoms. The summed E-state index contributed by atoms with van der Waals surface area (Å²) in [5.41, 5.74) is 3.66. The lowest BCUT2D eigenvalue weighted by atomic mass is 10.0. The van der Waals surface area contributed by atoms with Crippen LogP contribution in [0.3, 0.4) is 0 Å². The van der Waals surface area contributed by atoms with E-state index in [9.17, 15) is 10.1 Å². The molecular formula is C19H18N2O. The highest BCUT2D eigenvalue weighted by molar-refractivity contribution is 6.14. The van der Waals surface area contributed by atoms with E-state index in [1.165, 1.54) is 0 Å². The van der Waals surface area contributed by atoms with E-state index < -0.39 is 0 Å². The molecule has 0 heterocycles. The molecule has 0 N–H and O–H groups in total. The molecule has 0 unspecified atom stereocenters. The van der Waals surface area contributed by atoms with Crippen molar-refractivity contribution in [2.75, 3.05) is 19.0 Å². The van der Waals surface area contributed by atoms with Crippen molar-refractivity contribution in [3.8, 4) is 6.07 Å². The average molecular weight is 290 g/mol. The Morgan fingerprint density at radius 3 is 2.14 bits per heavy atom. The Morgan fingerprint density at radius 1 is 1.05 bits per heavy atom. The van der Waals surface area contributed by atoms with Crippen LogP contribution < -0.4 is 4.90 Å². The number of anilines is 1. The first-order chi connectivity index (χ1) is 10.5. The number of rotatable bonds is 4. The molecule has 0 saturated heterocycles. The number of benzene rings is 2. The first kappa shape index (κ1) is 15.5. The number of aryl methyl sites for hydroxylation is 1. The molecule has 0 atom stereocenters. The molecule has 0 aliphatic rings. The summed E-state index contributed by atoms with van der Waals surface area (Å²) >= 11 is 0. The third-order valence-corrected chi connectivity index (χ3v) is 3.40. The van der Waals surface area contributed by atoms with Gasteiger partial charge in [0.05, 0.1) is 0 Å². The molecule has 2 aromatic rings. The van der Waals surface area contributed by atoms with Crippen LogP contribution >= 0.6 is 0 Å². The van der Waals surface area contributed by atoms with Crippen LogP contribution in [0.25, 0.3) is 6.08 Å². The molecule has 3 nitrogen and oxygen atoms in total. The minimum Gasteiger partial charge on any atom is -0.378 e. The number of hydrogen-bond acceptors (Lipinski definition) is 3. The van der Waals surface area contributed by atoms with Gasteiger partial charge < -0.3 is 4.90 Å². The highest BCUT2D eigenvalue weighted by atomic mass is 16.1. The molecule has 110 valence electrons. The number of hydrogen-bond donors (Lipinski definition) is 0. The summed E-state index contributed by atoms with van der Waals surface area (Å²) in [6.45, 7) is 1.96. The van der Waals surface area contributed by atoms with Crippen molar-refractivity contribution in [2.24, 2.45) is 0 Å². The van der Waals surface area contributed by atoms with Crippen molar-refractivity contribution in [3.63, 3.8) is 0 Å². The van der Waals surface area contributed by atoms with Gasteiger partial charge in [0.2, 0.25) is 5.78 Å². The van der Waals surface area contributed by atoms with Gasteiger partial charge in [0, 0.05) is 25.3 Å². The summed E-state index contributed by atoms with van der Waals surface area (Å²) in [4.78, 5) is 14.4. The predicted molar refractivity (Wildman–Crippen MR) is 89.9 cm³/mol. The second kappa shape index (κ2) is 6.73. The van der Waals surface area contributed by atoms with Crippen molar-refractivity contribution in [2.45, 2.75) is 6.92 Å². The number of Topliss-reactive ketones (excluding diaryl/α,β-unsaturated/α-hetero) is 1. The zero-order chi connectivity index (χ0) is 16.1. The Kier molecular flexibility index (Phi) is 4.75. The summed E-state index contributed by atoms with van der Waals surface area (Å²) in [5.74, 6) is -0.251. The van der Waals surface area contributed by atoms with E-state index in [1.54, 1.807) is 18.2 Å². The maximum atomic E-state index is 12.4. The van der Waals surface area contributed by atoms with Crippen LogP contribution in [0.5, 0.6) is 0 Å². The van der Waals surface area contributed by atoms with Crippen molar-refractivity contribution >= 4 is 17.5 Å². The number of nitrogens with zero attached hydrogens (tertiary/aromatic N) is 2. The average Bonchev–Trinajstić information content (AvgIpc) is 2.53. The van der Waals surface area contributed by atoms with Crippen LogP contribution in [-0.2, 0) is 0 Å². The zero-order valence-corrected chi connectivity index (χ0v) is 13.0. The lowest BCUT2D eigenvalue weighted by Gasteiger charge is -2.11. The lowest BCUT2D eigenvalue weighted by Crippen LogP contribution is -2.08. The van der Waals surface area contributed by atoms with Crippen molar-refractivity contribution in [1.29, 1.82) is 5.26 Å². The van der Waals surface area contributed by atoms with E-state index in [0.29, 0.717) is 5.56 Å². The maximum absolute atomic E-state index is 12.4. The number of carbonyl (C=O) groups excluding carboxylic acids is 1. The minimum absolute atomic E-state index is 0.140. The second-order valence-electron chi connectivity index (χ2n) is 5.35. The van der Waals surface area contributed by atoms with Gasteiger partial charge in [-0.25, -0.2) is 0 Å². The molecular weight excluding hydrogens is 272 g/mol. The summed E-state index contributed by atoms with van der Waals surface area (Å²) in [5, 5.41) is 9.27. The van der Waals surface area contributed by atoms with Gasteiger partial charge in [-0.1, -0.05) is 42.0 Å². The third kappa shape index (κ3) is 3.62. The number of nitriles is 1. The molecule has 0 saturated carbocycles. The lowest BCUT2D eigenvalue weighted by molar-refractivity contribution is 0.104. The van der Waals surface area contributed by atoms with Crippen LogP contribution in [0.1, 0.15) is 21.5 Å². The maximum Gasteiger partial charge on any atom is 0.203 e. The highest BCUT2D eigenvalue weighted by Gasteiger charge is 2.11. The Hall–Kier alpha value is -2.86. The molecule has 3 heteroatoms. The van der Waals surface area contributed by atoms with E-state index in [4.69, 9.17) is 0 Å². The fourth-order valence-electron chi connectivity index (χ4n) is 2.04. The molecule has 2 aromatic carbocycles. The monoisotopic (exact) mass is 290 g/mol. The second-order valence-corrected chi connectivity index (χ2v) is 5.35. The topological polar surface area (TPSA) is 44.1 Å². The normalized spacial score (nSPS) is 10.9. The third-order valence-electron chi connectivity index (χ3n) is 3.40. The number of ketones is 1. The molecule has 0 aromatic heterocycles. The van der Waals surface area contributed by atoms with E-state index >= 15 is 0 Å². The van der Waals surface area contributed by atoms with E-state index in [1.807, 2.05) is 68.4 Å². The summed E-state index contributed by atoms with van der Waals surface area (Å²) in [7, 11) is 3.93. The number of allylic oxidation sites excluding steroid dienone is 1. The molecule has 0 aliphatic carbocycles.